The van der Waals surface area contributed by atoms with Crippen LogP contribution in [0.15, 0.2) is 24.3 Å². The van der Waals surface area contributed by atoms with Gasteiger partial charge in [0.15, 0.2) is 0 Å². The van der Waals surface area contributed by atoms with Gasteiger partial charge < -0.3 is 4.18 Å². The molecule has 1 atom stereocenters. The highest BCUT2D eigenvalue weighted by molar-refractivity contribution is 7.74. The van der Waals surface area contributed by atoms with E-state index in [0.717, 1.165) is 12.1 Å². The lowest BCUT2D eigenvalue weighted by Crippen LogP contribution is -1.95. The summed E-state index contributed by atoms with van der Waals surface area (Å²) in [5, 5.41) is 10.2. The fourth-order valence-corrected chi connectivity index (χ4v) is 0.970. The summed E-state index contributed by atoms with van der Waals surface area (Å²) in [5.74, 6) is 0.0407. The highest BCUT2D eigenvalue weighted by Gasteiger charge is 2.05. The van der Waals surface area contributed by atoms with Crippen LogP contribution in [0.1, 0.15) is 0 Å². The quantitative estimate of drug-likeness (QED) is 0.539. The van der Waals surface area contributed by atoms with Crippen LogP contribution in [-0.2, 0) is 15.9 Å². The van der Waals surface area contributed by atoms with Crippen LogP contribution in [0.5, 0.6) is 5.75 Å². The SMILES string of the molecule is [O]S(=O)Oc1ccc([N+](=O)[O-])cc1. The van der Waals surface area contributed by atoms with Gasteiger partial charge in [-0.3, -0.25) is 10.1 Å². The second kappa shape index (κ2) is 3.97. The summed E-state index contributed by atoms with van der Waals surface area (Å²) in [5.41, 5.74) is -0.121. The highest BCUT2D eigenvalue weighted by Crippen LogP contribution is 2.17. The largest absolute Gasteiger partial charge is 0.390 e. The van der Waals surface area contributed by atoms with Gasteiger partial charge >= 0.3 is 11.4 Å². The molecule has 0 bridgehead atoms. The number of rotatable bonds is 3. The first-order valence-electron chi connectivity index (χ1n) is 3.11. The Morgan fingerprint density at radius 2 is 1.85 bits per heavy atom. The van der Waals surface area contributed by atoms with Gasteiger partial charge in [0.2, 0.25) is 0 Å². The Balaban J connectivity index is 2.81. The maximum atomic E-state index is 10.2. The molecule has 0 heterocycles. The Morgan fingerprint density at radius 3 is 2.23 bits per heavy atom. The number of benzene rings is 1. The van der Waals surface area contributed by atoms with Crippen LogP contribution in [0, 0.1) is 10.1 Å². The molecule has 0 aliphatic carbocycles. The van der Waals surface area contributed by atoms with Crippen molar-refractivity contribution in [3.8, 4) is 5.75 Å². The van der Waals surface area contributed by atoms with E-state index < -0.39 is 16.3 Å². The van der Waals surface area contributed by atoms with E-state index in [9.17, 15) is 18.9 Å². The molecular formula is C6H4NO5S. The van der Waals surface area contributed by atoms with Gasteiger partial charge in [-0.2, -0.15) is 4.21 Å². The second-order valence-electron chi connectivity index (χ2n) is 2.04. The molecule has 6 nitrogen and oxygen atoms in total. The van der Waals surface area contributed by atoms with Crippen LogP contribution in [0.4, 0.5) is 5.69 Å². The van der Waals surface area contributed by atoms with Crippen molar-refractivity contribution in [1.29, 1.82) is 0 Å². The predicted octanol–water partition coefficient (Wildman–Crippen LogP) is 0.983. The Labute approximate surface area is 75.8 Å². The molecule has 0 fully saturated rings. The van der Waals surface area contributed by atoms with Gasteiger partial charge in [0.1, 0.15) is 5.75 Å². The van der Waals surface area contributed by atoms with E-state index in [4.69, 9.17) is 0 Å². The van der Waals surface area contributed by atoms with Crippen molar-refractivity contribution in [2.45, 2.75) is 0 Å². The van der Waals surface area contributed by atoms with Crippen molar-refractivity contribution in [1.82, 2.24) is 0 Å². The third-order valence-electron chi connectivity index (χ3n) is 1.21. The average molecular weight is 202 g/mol. The molecule has 1 unspecified atom stereocenters. The van der Waals surface area contributed by atoms with Crippen molar-refractivity contribution >= 4 is 17.0 Å². The standard InChI is InChI=1S/C6H4NO5S/c8-7(9)5-1-3-6(4-2-5)12-13(10)11/h1-4H. The molecule has 1 aromatic carbocycles. The lowest BCUT2D eigenvalue weighted by atomic mass is 10.3. The van der Waals surface area contributed by atoms with E-state index in [2.05, 4.69) is 4.18 Å². The van der Waals surface area contributed by atoms with Crippen LogP contribution in [0.2, 0.25) is 0 Å². The van der Waals surface area contributed by atoms with Crippen molar-refractivity contribution in [2.24, 2.45) is 0 Å². The summed E-state index contributed by atoms with van der Waals surface area (Å²) in [6.07, 6.45) is 0. The van der Waals surface area contributed by atoms with Crippen molar-refractivity contribution < 1.29 is 17.9 Å². The smallest absolute Gasteiger partial charge is 0.378 e. The fraction of sp³-hybridized carbons (Fsp3) is 0. The Kier molecular flexibility index (Phi) is 2.93. The van der Waals surface area contributed by atoms with Crippen molar-refractivity contribution in [3.05, 3.63) is 34.4 Å². The first kappa shape index (κ1) is 9.62. The molecule has 13 heavy (non-hydrogen) atoms. The normalized spacial score (nSPS) is 12.1. The number of nitro groups is 1. The fourth-order valence-electron chi connectivity index (χ4n) is 0.702. The number of nitrogens with zero attached hydrogens (tertiary/aromatic N) is 1. The molecule has 0 aromatic heterocycles. The zero-order chi connectivity index (χ0) is 9.84. The van der Waals surface area contributed by atoms with Gasteiger partial charge in [0.25, 0.3) is 5.69 Å². The van der Waals surface area contributed by atoms with Gasteiger partial charge in [-0.05, 0) is 12.1 Å². The molecule has 0 amide bonds. The predicted molar refractivity (Wildman–Crippen MR) is 42.6 cm³/mol. The number of nitro benzene ring substituents is 1. The van der Waals surface area contributed by atoms with E-state index in [1.807, 2.05) is 0 Å². The van der Waals surface area contributed by atoms with E-state index >= 15 is 0 Å². The molecule has 1 rings (SSSR count). The summed E-state index contributed by atoms with van der Waals surface area (Å²) in [4.78, 5) is 9.59. The lowest BCUT2D eigenvalue weighted by molar-refractivity contribution is -0.384. The van der Waals surface area contributed by atoms with E-state index in [-0.39, 0.29) is 11.4 Å². The molecule has 0 saturated heterocycles. The molecule has 0 aliphatic rings. The van der Waals surface area contributed by atoms with Gasteiger partial charge in [0.05, 0.1) is 4.92 Å². The van der Waals surface area contributed by atoms with Gasteiger partial charge in [-0.25, -0.2) is 0 Å². The van der Waals surface area contributed by atoms with Crippen molar-refractivity contribution in [3.63, 3.8) is 0 Å². The Hall–Kier alpha value is -1.47. The molecule has 0 spiro atoms. The van der Waals surface area contributed by atoms with E-state index in [0.29, 0.717) is 0 Å². The average Bonchev–Trinajstić information content (AvgIpc) is 2.04. The summed E-state index contributed by atoms with van der Waals surface area (Å²) >= 11 is -2.65. The van der Waals surface area contributed by atoms with Crippen LogP contribution in [0.25, 0.3) is 0 Å². The van der Waals surface area contributed by atoms with E-state index in [1.54, 1.807) is 0 Å². The van der Waals surface area contributed by atoms with Crippen LogP contribution >= 0.6 is 0 Å². The summed E-state index contributed by atoms with van der Waals surface area (Å²) in [7, 11) is 0. The van der Waals surface area contributed by atoms with E-state index in [1.165, 1.54) is 12.1 Å². The van der Waals surface area contributed by atoms with Crippen LogP contribution in [-0.4, -0.2) is 9.13 Å². The van der Waals surface area contributed by atoms with Crippen LogP contribution in [0.3, 0.4) is 0 Å². The second-order valence-corrected chi connectivity index (χ2v) is 2.61. The molecule has 1 radical (unpaired) electrons. The molecule has 1 aromatic rings. The number of hydrogen-bond acceptors (Lipinski definition) is 4. The summed E-state index contributed by atoms with van der Waals surface area (Å²) in [6, 6.07) is 4.71. The third kappa shape index (κ3) is 2.80. The number of hydrogen-bond donors (Lipinski definition) is 0. The lowest BCUT2D eigenvalue weighted by Gasteiger charge is -1.96. The molecule has 0 N–H and O–H groups in total. The first-order valence-corrected chi connectivity index (χ1v) is 4.11. The monoisotopic (exact) mass is 202 g/mol. The third-order valence-corrected chi connectivity index (χ3v) is 1.54. The summed E-state index contributed by atoms with van der Waals surface area (Å²) in [6.45, 7) is 0. The van der Waals surface area contributed by atoms with Crippen molar-refractivity contribution in [2.75, 3.05) is 0 Å². The van der Waals surface area contributed by atoms with Gasteiger partial charge in [-0.1, -0.05) is 4.55 Å². The molecular weight excluding hydrogens is 198 g/mol. The minimum absolute atomic E-state index is 0.0407. The maximum Gasteiger partial charge on any atom is 0.390 e. The van der Waals surface area contributed by atoms with Gasteiger partial charge in [-0.15, -0.1) is 0 Å². The molecule has 7 heteroatoms. The molecule has 69 valence electrons. The molecule has 0 aliphatic heterocycles. The van der Waals surface area contributed by atoms with Gasteiger partial charge in [0, 0.05) is 12.1 Å². The molecule has 0 saturated carbocycles. The Morgan fingerprint density at radius 1 is 1.31 bits per heavy atom. The summed E-state index contributed by atoms with van der Waals surface area (Å²) < 4.78 is 24.3. The maximum absolute atomic E-state index is 10.2. The Bertz CT molecular complexity index is 335. The van der Waals surface area contributed by atoms with Crippen LogP contribution < -0.4 is 4.18 Å². The zero-order valence-electron chi connectivity index (χ0n) is 6.21. The minimum atomic E-state index is -2.65. The minimum Gasteiger partial charge on any atom is -0.378 e. The number of non-ortho nitro benzene ring substituents is 1. The topological polar surface area (TPSA) is 89.3 Å². The first-order chi connectivity index (χ1) is 6.09. The highest BCUT2D eigenvalue weighted by atomic mass is 32.2. The zero-order valence-corrected chi connectivity index (χ0v) is 7.02.